The molecule has 0 aliphatic carbocycles. The van der Waals surface area contributed by atoms with Crippen molar-refractivity contribution < 1.29 is 18.5 Å². The van der Waals surface area contributed by atoms with Crippen molar-refractivity contribution in [3.05, 3.63) is 68.7 Å². The van der Waals surface area contributed by atoms with E-state index in [2.05, 4.69) is 5.32 Å². The van der Waals surface area contributed by atoms with Crippen LogP contribution < -0.4 is 5.32 Å². The third-order valence-corrected chi connectivity index (χ3v) is 2.92. The Morgan fingerprint density at radius 1 is 1.24 bits per heavy atom. The summed E-state index contributed by atoms with van der Waals surface area (Å²) < 4.78 is 26.5. The molecule has 0 aliphatic heterocycles. The molecule has 1 N–H and O–H groups in total. The van der Waals surface area contributed by atoms with Gasteiger partial charge in [0.15, 0.2) is 11.6 Å². The number of hydrogen-bond donors (Lipinski definition) is 1. The first-order valence-electron chi connectivity index (χ1n) is 5.59. The summed E-state index contributed by atoms with van der Waals surface area (Å²) in [5.74, 6) is -3.12. The van der Waals surface area contributed by atoms with Crippen molar-refractivity contribution in [2.75, 3.05) is 5.32 Å². The van der Waals surface area contributed by atoms with Crippen LogP contribution >= 0.6 is 11.6 Å². The zero-order chi connectivity index (χ0) is 15.6. The van der Waals surface area contributed by atoms with E-state index in [9.17, 15) is 23.7 Å². The summed E-state index contributed by atoms with van der Waals surface area (Å²) in [6, 6.07) is 6.53. The summed E-state index contributed by atoms with van der Waals surface area (Å²) in [5.41, 5.74) is -0.728. The number of carbonyl (C=O) groups excluding carboxylic acids is 1. The fourth-order valence-corrected chi connectivity index (χ4v) is 1.85. The van der Waals surface area contributed by atoms with Crippen molar-refractivity contribution in [1.82, 2.24) is 0 Å². The standard InChI is InChI=1S/C13H7ClF2N2O3/c14-9-6-7(18(20)21)4-5-8(9)13(19)17-11-3-1-2-10(15)12(11)16/h1-6H,(H,17,19). The van der Waals surface area contributed by atoms with Crippen LogP contribution in [-0.4, -0.2) is 10.8 Å². The quantitative estimate of drug-likeness (QED) is 0.692. The predicted molar refractivity (Wildman–Crippen MR) is 72.4 cm³/mol. The minimum absolute atomic E-state index is 0.0917. The van der Waals surface area contributed by atoms with E-state index < -0.39 is 22.5 Å². The minimum Gasteiger partial charge on any atom is -0.319 e. The molecular formula is C13H7ClF2N2O3. The Kier molecular flexibility index (Phi) is 4.13. The number of nitrogens with one attached hydrogen (secondary N) is 1. The summed E-state index contributed by atoms with van der Waals surface area (Å²) in [6.07, 6.45) is 0. The van der Waals surface area contributed by atoms with Gasteiger partial charge in [0.25, 0.3) is 11.6 Å². The SMILES string of the molecule is O=C(Nc1cccc(F)c1F)c1ccc([N+](=O)[O-])cc1Cl. The van der Waals surface area contributed by atoms with Crippen molar-refractivity contribution in [2.45, 2.75) is 0 Å². The van der Waals surface area contributed by atoms with Crippen LogP contribution in [-0.2, 0) is 0 Å². The zero-order valence-electron chi connectivity index (χ0n) is 10.3. The summed E-state index contributed by atoms with van der Waals surface area (Å²) >= 11 is 5.77. The zero-order valence-corrected chi connectivity index (χ0v) is 11.0. The normalized spacial score (nSPS) is 10.2. The van der Waals surface area contributed by atoms with Gasteiger partial charge < -0.3 is 5.32 Å². The highest BCUT2D eigenvalue weighted by Crippen LogP contribution is 2.24. The van der Waals surface area contributed by atoms with E-state index in [1.54, 1.807) is 0 Å². The molecule has 2 rings (SSSR count). The van der Waals surface area contributed by atoms with Crippen LogP contribution in [0.5, 0.6) is 0 Å². The number of hydrogen-bond acceptors (Lipinski definition) is 3. The van der Waals surface area contributed by atoms with Crippen LogP contribution in [0.15, 0.2) is 36.4 Å². The number of non-ortho nitro benzene ring substituents is 1. The molecule has 0 unspecified atom stereocenters. The molecule has 0 heterocycles. The number of rotatable bonds is 3. The maximum atomic E-state index is 13.4. The average Bonchev–Trinajstić information content (AvgIpc) is 2.43. The molecule has 0 radical (unpaired) electrons. The third-order valence-electron chi connectivity index (χ3n) is 2.61. The lowest BCUT2D eigenvalue weighted by molar-refractivity contribution is -0.384. The second-order valence-electron chi connectivity index (χ2n) is 3.98. The van der Waals surface area contributed by atoms with E-state index in [0.29, 0.717) is 0 Å². The molecule has 2 aromatic carbocycles. The first-order valence-corrected chi connectivity index (χ1v) is 5.97. The Labute approximate surface area is 122 Å². The molecule has 21 heavy (non-hydrogen) atoms. The van der Waals surface area contributed by atoms with Crippen LogP contribution in [0.4, 0.5) is 20.2 Å². The van der Waals surface area contributed by atoms with Gasteiger partial charge in [-0.25, -0.2) is 8.78 Å². The fourth-order valence-electron chi connectivity index (χ4n) is 1.59. The van der Waals surface area contributed by atoms with Crippen LogP contribution in [0.2, 0.25) is 5.02 Å². The minimum atomic E-state index is -1.20. The van der Waals surface area contributed by atoms with Gasteiger partial charge in [-0.05, 0) is 18.2 Å². The van der Waals surface area contributed by atoms with Crippen LogP contribution in [0.3, 0.4) is 0 Å². The smallest absolute Gasteiger partial charge is 0.270 e. The monoisotopic (exact) mass is 312 g/mol. The number of benzene rings is 2. The molecule has 108 valence electrons. The summed E-state index contributed by atoms with van der Waals surface area (Å²) in [4.78, 5) is 21.8. The molecule has 1 amide bonds. The van der Waals surface area contributed by atoms with Gasteiger partial charge in [0.2, 0.25) is 0 Å². The van der Waals surface area contributed by atoms with E-state index in [0.717, 1.165) is 24.3 Å². The highest BCUT2D eigenvalue weighted by molar-refractivity contribution is 6.34. The number of amides is 1. The van der Waals surface area contributed by atoms with Crippen molar-refractivity contribution in [1.29, 1.82) is 0 Å². The third kappa shape index (κ3) is 3.14. The Balaban J connectivity index is 2.29. The molecule has 0 atom stereocenters. The van der Waals surface area contributed by atoms with Gasteiger partial charge in [-0.1, -0.05) is 17.7 Å². The number of nitro benzene ring substituents is 1. The second kappa shape index (κ2) is 5.84. The summed E-state index contributed by atoms with van der Waals surface area (Å²) in [7, 11) is 0. The topological polar surface area (TPSA) is 72.2 Å². The Morgan fingerprint density at radius 2 is 1.95 bits per heavy atom. The fraction of sp³-hybridized carbons (Fsp3) is 0. The number of nitro groups is 1. The first-order chi connectivity index (χ1) is 9.90. The number of nitrogens with zero attached hydrogens (tertiary/aromatic N) is 1. The maximum absolute atomic E-state index is 13.4. The molecule has 2 aromatic rings. The number of carbonyl (C=O) groups is 1. The van der Waals surface area contributed by atoms with Gasteiger partial charge in [-0.2, -0.15) is 0 Å². The molecule has 0 fully saturated rings. The molecule has 0 bridgehead atoms. The van der Waals surface area contributed by atoms with E-state index >= 15 is 0 Å². The van der Waals surface area contributed by atoms with E-state index in [4.69, 9.17) is 11.6 Å². The molecule has 5 nitrogen and oxygen atoms in total. The van der Waals surface area contributed by atoms with Gasteiger partial charge in [-0.3, -0.25) is 14.9 Å². The average molecular weight is 313 g/mol. The lowest BCUT2D eigenvalue weighted by Gasteiger charge is -2.08. The molecule has 8 heteroatoms. The lowest BCUT2D eigenvalue weighted by Crippen LogP contribution is -2.14. The molecule has 0 aromatic heterocycles. The van der Waals surface area contributed by atoms with Crippen molar-refractivity contribution >= 4 is 28.9 Å². The largest absolute Gasteiger partial charge is 0.319 e. The molecule has 0 saturated carbocycles. The maximum Gasteiger partial charge on any atom is 0.270 e. The van der Waals surface area contributed by atoms with Crippen molar-refractivity contribution in [3.63, 3.8) is 0 Å². The van der Waals surface area contributed by atoms with E-state index in [1.165, 1.54) is 12.1 Å². The van der Waals surface area contributed by atoms with E-state index in [-0.39, 0.29) is 22.0 Å². The first kappa shape index (κ1) is 14.9. The number of anilines is 1. The molecular weight excluding hydrogens is 306 g/mol. The molecule has 0 saturated heterocycles. The van der Waals surface area contributed by atoms with E-state index in [1.807, 2.05) is 0 Å². The van der Waals surface area contributed by atoms with Crippen LogP contribution in [0, 0.1) is 21.7 Å². The predicted octanol–water partition coefficient (Wildman–Crippen LogP) is 3.78. The molecule has 0 aliphatic rings. The lowest BCUT2D eigenvalue weighted by atomic mass is 10.2. The second-order valence-corrected chi connectivity index (χ2v) is 4.38. The Morgan fingerprint density at radius 3 is 2.57 bits per heavy atom. The summed E-state index contributed by atoms with van der Waals surface area (Å²) in [5, 5.41) is 12.5. The molecule has 0 spiro atoms. The van der Waals surface area contributed by atoms with Gasteiger partial charge in [-0.15, -0.1) is 0 Å². The van der Waals surface area contributed by atoms with Crippen molar-refractivity contribution in [2.24, 2.45) is 0 Å². The van der Waals surface area contributed by atoms with Gasteiger partial charge >= 0.3 is 0 Å². The highest BCUT2D eigenvalue weighted by atomic mass is 35.5. The van der Waals surface area contributed by atoms with Crippen LogP contribution in [0.1, 0.15) is 10.4 Å². The van der Waals surface area contributed by atoms with Crippen molar-refractivity contribution in [3.8, 4) is 0 Å². The van der Waals surface area contributed by atoms with Gasteiger partial charge in [0, 0.05) is 12.1 Å². The Bertz CT molecular complexity index is 737. The highest BCUT2D eigenvalue weighted by Gasteiger charge is 2.17. The Hall–Kier alpha value is -2.54. The number of halogens is 3. The van der Waals surface area contributed by atoms with Gasteiger partial charge in [0.05, 0.1) is 21.2 Å². The van der Waals surface area contributed by atoms with Gasteiger partial charge in [0.1, 0.15) is 0 Å². The van der Waals surface area contributed by atoms with Crippen LogP contribution in [0.25, 0.3) is 0 Å². The summed E-state index contributed by atoms with van der Waals surface area (Å²) in [6.45, 7) is 0.